The van der Waals surface area contributed by atoms with Crippen LogP contribution in [0, 0.1) is 9.62 Å². The van der Waals surface area contributed by atoms with E-state index in [-0.39, 0.29) is 0 Å². The third-order valence-corrected chi connectivity index (χ3v) is 5.04. The van der Waals surface area contributed by atoms with Crippen molar-refractivity contribution in [3.8, 4) is 0 Å². The predicted molar refractivity (Wildman–Crippen MR) is 82.3 cm³/mol. The summed E-state index contributed by atoms with van der Waals surface area (Å²) in [6.07, 6.45) is 4.41. The number of nitrogens with one attached hydrogen (secondary N) is 1. The molecule has 0 bridgehead atoms. The maximum absolute atomic E-state index is 4.52. The van der Waals surface area contributed by atoms with Crippen LogP contribution in [0.1, 0.15) is 12.8 Å². The van der Waals surface area contributed by atoms with Crippen LogP contribution in [0.15, 0.2) is 6.20 Å². The van der Waals surface area contributed by atoms with Crippen LogP contribution in [0.5, 0.6) is 0 Å². The molecule has 1 N–H and O–H groups in total. The van der Waals surface area contributed by atoms with Crippen molar-refractivity contribution in [2.24, 2.45) is 5.92 Å². The van der Waals surface area contributed by atoms with E-state index in [0.29, 0.717) is 0 Å². The average Bonchev–Trinajstić information content (AvgIpc) is 2.91. The average molecular weight is 377 g/mol. The molecule has 7 heteroatoms. The molecule has 0 aromatic carbocycles. The Labute approximate surface area is 124 Å². The second kappa shape index (κ2) is 5.30. The van der Waals surface area contributed by atoms with Crippen molar-refractivity contribution >= 4 is 44.0 Å². The van der Waals surface area contributed by atoms with Crippen molar-refractivity contribution in [3.63, 3.8) is 0 Å². The van der Waals surface area contributed by atoms with Crippen molar-refractivity contribution in [2.45, 2.75) is 12.8 Å². The Kier molecular flexibility index (Phi) is 3.71. The van der Waals surface area contributed by atoms with Crippen LogP contribution in [0.4, 0.5) is 5.13 Å². The van der Waals surface area contributed by atoms with Gasteiger partial charge < -0.3 is 10.2 Å². The quantitative estimate of drug-likeness (QED) is 0.833. The van der Waals surface area contributed by atoms with Crippen LogP contribution in [0.25, 0.3) is 4.96 Å². The van der Waals surface area contributed by atoms with Crippen LogP contribution in [0.2, 0.25) is 0 Å². The Morgan fingerprint density at radius 3 is 3.00 bits per heavy atom. The third-order valence-electron chi connectivity index (χ3n) is 3.42. The first-order valence-corrected chi connectivity index (χ1v) is 8.04. The summed E-state index contributed by atoms with van der Waals surface area (Å²) in [5.74, 6) is 0.775. The highest BCUT2D eigenvalue weighted by Gasteiger charge is 2.17. The number of likely N-dealkylation sites (tertiary alicyclic amines) is 1. The van der Waals surface area contributed by atoms with Gasteiger partial charge in [-0.25, -0.2) is 4.98 Å². The molecule has 1 aliphatic heterocycles. The first-order chi connectivity index (χ1) is 8.72. The number of hydrogen-bond donors (Lipinski definition) is 1. The fourth-order valence-corrected chi connectivity index (χ4v) is 3.66. The predicted octanol–water partition coefficient (Wildman–Crippen LogP) is 2.15. The van der Waals surface area contributed by atoms with Gasteiger partial charge in [-0.1, -0.05) is 11.3 Å². The molecule has 1 fully saturated rings. The van der Waals surface area contributed by atoms with Crippen LogP contribution in [0.3, 0.4) is 0 Å². The Hall–Kier alpha value is -0.410. The third kappa shape index (κ3) is 2.62. The summed E-state index contributed by atoms with van der Waals surface area (Å²) in [7, 11) is 2.20. The van der Waals surface area contributed by atoms with E-state index in [0.717, 1.165) is 26.3 Å². The Morgan fingerprint density at radius 1 is 1.50 bits per heavy atom. The van der Waals surface area contributed by atoms with Crippen LogP contribution in [-0.2, 0) is 0 Å². The molecule has 1 aliphatic rings. The van der Waals surface area contributed by atoms with Gasteiger partial charge in [0.15, 0.2) is 0 Å². The van der Waals surface area contributed by atoms with Gasteiger partial charge in [-0.3, -0.25) is 0 Å². The number of imidazole rings is 1. The lowest BCUT2D eigenvalue weighted by Crippen LogP contribution is -2.32. The molecule has 2 aromatic rings. The van der Waals surface area contributed by atoms with Crippen molar-refractivity contribution in [2.75, 3.05) is 32.0 Å². The molecular weight excluding hydrogens is 361 g/mol. The summed E-state index contributed by atoms with van der Waals surface area (Å²) in [5, 5.41) is 8.95. The van der Waals surface area contributed by atoms with Crippen LogP contribution >= 0.6 is 33.9 Å². The standard InChI is InChI=1S/C11H16IN5S/c1-16-4-2-8(3-5-16)6-13-10-15-17-9(12)7-14-11(17)18-10/h7-8H,2-6H2,1H3,(H,13,15). The number of halogens is 1. The number of hydrogen-bond acceptors (Lipinski definition) is 5. The number of anilines is 1. The highest BCUT2D eigenvalue weighted by atomic mass is 127. The minimum absolute atomic E-state index is 0.775. The molecule has 0 radical (unpaired) electrons. The van der Waals surface area contributed by atoms with Crippen molar-refractivity contribution < 1.29 is 0 Å². The van der Waals surface area contributed by atoms with Crippen molar-refractivity contribution in [1.82, 2.24) is 19.5 Å². The smallest absolute Gasteiger partial charge is 0.214 e. The number of rotatable bonds is 3. The van der Waals surface area contributed by atoms with Gasteiger partial charge in [-0.15, -0.1) is 5.10 Å². The summed E-state index contributed by atoms with van der Waals surface area (Å²) in [5.41, 5.74) is 0. The molecule has 0 atom stereocenters. The van der Waals surface area contributed by atoms with Crippen molar-refractivity contribution in [1.29, 1.82) is 0 Å². The zero-order valence-corrected chi connectivity index (χ0v) is 13.2. The summed E-state index contributed by atoms with van der Waals surface area (Å²) in [6, 6.07) is 0. The van der Waals surface area contributed by atoms with E-state index >= 15 is 0 Å². The minimum Gasteiger partial charge on any atom is -0.360 e. The molecule has 18 heavy (non-hydrogen) atoms. The zero-order chi connectivity index (χ0) is 12.5. The number of aromatic nitrogens is 3. The zero-order valence-electron chi connectivity index (χ0n) is 10.3. The Bertz CT molecular complexity index is 529. The molecule has 1 saturated heterocycles. The maximum Gasteiger partial charge on any atom is 0.214 e. The van der Waals surface area contributed by atoms with Crippen LogP contribution in [-0.4, -0.2) is 46.2 Å². The highest BCUT2D eigenvalue weighted by Crippen LogP contribution is 2.22. The topological polar surface area (TPSA) is 45.5 Å². The minimum atomic E-state index is 0.775. The van der Waals surface area contributed by atoms with Gasteiger partial charge in [0.2, 0.25) is 10.1 Å². The van der Waals surface area contributed by atoms with Gasteiger partial charge >= 0.3 is 0 Å². The first-order valence-electron chi connectivity index (χ1n) is 6.15. The molecule has 0 unspecified atom stereocenters. The fourth-order valence-electron chi connectivity index (χ4n) is 2.24. The normalized spacial score (nSPS) is 18.6. The van der Waals surface area contributed by atoms with Gasteiger partial charge in [-0.05, 0) is 61.5 Å². The first kappa shape index (κ1) is 12.6. The van der Waals surface area contributed by atoms with Crippen LogP contribution < -0.4 is 5.32 Å². The summed E-state index contributed by atoms with van der Waals surface area (Å²) < 4.78 is 2.95. The summed E-state index contributed by atoms with van der Waals surface area (Å²) in [4.78, 5) is 7.67. The molecule has 98 valence electrons. The Morgan fingerprint density at radius 2 is 2.28 bits per heavy atom. The molecule has 5 nitrogen and oxygen atoms in total. The van der Waals surface area contributed by atoms with E-state index in [1.165, 1.54) is 25.9 Å². The molecule has 0 spiro atoms. The second-order valence-corrected chi connectivity index (χ2v) is 6.87. The van der Waals surface area contributed by atoms with E-state index in [4.69, 9.17) is 0 Å². The summed E-state index contributed by atoms with van der Waals surface area (Å²) in [6.45, 7) is 3.46. The lowest BCUT2D eigenvalue weighted by atomic mass is 9.97. The molecular formula is C11H16IN5S. The van der Waals surface area contributed by atoms with Gasteiger partial charge in [0, 0.05) is 6.54 Å². The lowest BCUT2D eigenvalue weighted by molar-refractivity contribution is 0.226. The van der Waals surface area contributed by atoms with Gasteiger partial charge in [-0.2, -0.15) is 4.52 Å². The lowest BCUT2D eigenvalue weighted by Gasteiger charge is -2.28. The number of fused-ring (bicyclic) bond motifs is 1. The summed E-state index contributed by atoms with van der Waals surface area (Å²) >= 11 is 3.87. The largest absolute Gasteiger partial charge is 0.360 e. The monoisotopic (exact) mass is 377 g/mol. The van der Waals surface area contributed by atoms with E-state index in [1.807, 2.05) is 10.7 Å². The van der Waals surface area contributed by atoms with Gasteiger partial charge in [0.25, 0.3) is 0 Å². The van der Waals surface area contributed by atoms with Crippen molar-refractivity contribution in [3.05, 3.63) is 9.90 Å². The number of piperidine rings is 1. The Balaban J connectivity index is 1.59. The molecule has 0 aliphatic carbocycles. The molecule has 0 amide bonds. The maximum atomic E-state index is 4.52. The van der Waals surface area contributed by atoms with Gasteiger partial charge in [0.1, 0.15) is 3.70 Å². The van der Waals surface area contributed by atoms with E-state index in [2.05, 4.69) is 49.9 Å². The molecule has 3 rings (SSSR count). The van der Waals surface area contributed by atoms with Gasteiger partial charge in [0.05, 0.1) is 6.20 Å². The van der Waals surface area contributed by atoms with E-state index in [9.17, 15) is 0 Å². The van der Waals surface area contributed by atoms with E-state index < -0.39 is 0 Å². The SMILES string of the molecule is CN1CCC(CNc2nn3c(I)cnc3s2)CC1. The second-order valence-electron chi connectivity index (χ2n) is 4.81. The number of nitrogens with zero attached hydrogens (tertiary/aromatic N) is 4. The fraction of sp³-hybridized carbons (Fsp3) is 0.636. The highest BCUT2D eigenvalue weighted by molar-refractivity contribution is 14.1. The van der Waals surface area contributed by atoms with E-state index in [1.54, 1.807) is 11.3 Å². The molecule has 0 saturated carbocycles. The molecule has 2 aromatic heterocycles. The molecule has 3 heterocycles.